The van der Waals surface area contributed by atoms with Crippen LogP contribution in [-0.2, 0) is 25.7 Å². The molecule has 2 saturated heterocycles. The van der Waals surface area contributed by atoms with Crippen LogP contribution >= 0.6 is 0 Å². The lowest BCUT2D eigenvalue weighted by molar-refractivity contribution is -0.142. The third-order valence-corrected chi connectivity index (χ3v) is 9.18. The van der Waals surface area contributed by atoms with E-state index in [9.17, 15) is 14.4 Å². The first-order valence-corrected chi connectivity index (χ1v) is 14.3. The normalized spacial score (nSPS) is 32.2. The van der Waals surface area contributed by atoms with Gasteiger partial charge in [-0.05, 0) is 49.4 Å². The largest absolute Gasteiger partial charge is 0.496 e. The molecule has 40 heavy (non-hydrogen) atoms. The van der Waals surface area contributed by atoms with Gasteiger partial charge in [-0.1, -0.05) is 62.2 Å². The summed E-state index contributed by atoms with van der Waals surface area (Å²) >= 11 is 0. The highest BCUT2D eigenvalue weighted by molar-refractivity contribution is 6.02. The van der Waals surface area contributed by atoms with E-state index in [1.807, 2.05) is 67.6 Å². The SMILES string of the molecule is COc1ccccc1CN1C(=O)[C@H]2C(C(=O)Nc3cccc(C)c3)[C@H]3C=CC2(O3)C1C(=O)NC1CCCCC1C. The monoisotopic (exact) mass is 543 g/mol. The van der Waals surface area contributed by atoms with Gasteiger partial charge < -0.3 is 25.0 Å². The number of likely N-dealkylation sites (tertiary alicyclic amines) is 1. The van der Waals surface area contributed by atoms with E-state index in [1.165, 1.54) is 0 Å². The van der Waals surface area contributed by atoms with Gasteiger partial charge in [0.2, 0.25) is 17.7 Å². The molecule has 2 N–H and O–H groups in total. The summed E-state index contributed by atoms with van der Waals surface area (Å²) in [5.74, 6) is -1.31. The minimum Gasteiger partial charge on any atom is -0.496 e. The Labute approximate surface area is 235 Å². The molecule has 2 aromatic carbocycles. The predicted octanol–water partition coefficient (Wildman–Crippen LogP) is 3.99. The number of anilines is 1. The zero-order chi connectivity index (χ0) is 28.0. The van der Waals surface area contributed by atoms with Crippen molar-refractivity contribution in [2.24, 2.45) is 17.8 Å². The first kappa shape index (κ1) is 26.6. The quantitative estimate of drug-likeness (QED) is 0.515. The Balaban J connectivity index is 1.35. The Kier molecular flexibility index (Phi) is 6.90. The fourth-order valence-corrected chi connectivity index (χ4v) is 7.20. The fraction of sp³-hybridized carbons (Fsp3) is 0.469. The number of nitrogens with one attached hydrogen (secondary N) is 2. The first-order chi connectivity index (χ1) is 19.3. The van der Waals surface area contributed by atoms with Gasteiger partial charge in [0.25, 0.3) is 0 Å². The molecule has 2 bridgehead atoms. The topological polar surface area (TPSA) is 97.0 Å². The number of methoxy groups -OCH3 is 1. The summed E-state index contributed by atoms with van der Waals surface area (Å²) in [6.07, 6.45) is 7.33. The second-order valence-electron chi connectivity index (χ2n) is 11.7. The maximum absolute atomic E-state index is 14.3. The Morgan fingerprint density at radius 1 is 1.10 bits per heavy atom. The van der Waals surface area contributed by atoms with Gasteiger partial charge in [-0.15, -0.1) is 0 Å². The number of para-hydroxylation sites is 1. The molecule has 5 unspecified atom stereocenters. The minimum atomic E-state index is -1.21. The van der Waals surface area contributed by atoms with E-state index in [0.717, 1.165) is 36.8 Å². The van der Waals surface area contributed by atoms with E-state index < -0.39 is 29.6 Å². The van der Waals surface area contributed by atoms with Crippen LogP contribution < -0.4 is 15.4 Å². The van der Waals surface area contributed by atoms with Gasteiger partial charge in [0.05, 0.1) is 31.6 Å². The highest BCUT2D eigenvalue weighted by Crippen LogP contribution is 2.55. The number of hydrogen-bond acceptors (Lipinski definition) is 5. The summed E-state index contributed by atoms with van der Waals surface area (Å²) in [4.78, 5) is 43.7. The van der Waals surface area contributed by atoms with Crippen molar-refractivity contribution in [3.8, 4) is 5.75 Å². The molecule has 3 aliphatic heterocycles. The number of fused-ring (bicyclic) bond motifs is 1. The van der Waals surface area contributed by atoms with Gasteiger partial charge in [-0.25, -0.2) is 0 Å². The van der Waals surface area contributed by atoms with Crippen molar-refractivity contribution in [1.82, 2.24) is 10.2 Å². The Hall–Kier alpha value is -3.65. The standard InChI is InChI=1S/C32H37N3O5/c1-19-9-8-12-22(17-19)33-29(36)26-25-15-16-32(40-25)27(26)31(38)35(18-21-11-5-7-14-24(21)39-3)28(32)30(37)34-23-13-6-4-10-20(23)2/h5,7-9,11-12,14-17,20,23,25-28H,4,6,10,13,18H2,1-3H3,(H,33,36)(H,34,37)/t20?,23?,25-,26?,27-,28?,32?/m1/s1. The van der Waals surface area contributed by atoms with Crippen LogP contribution in [0.3, 0.4) is 0 Å². The van der Waals surface area contributed by atoms with E-state index in [4.69, 9.17) is 9.47 Å². The summed E-state index contributed by atoms with van der Waals surface area (Å²) in [6.45, 7) is 4.30. The van der Waals surface area contributed by atoms with Crippen molar-refractivity contribution >= 4 is 23.4 Å². The number of hydrogen-bond donors (Lipinski definition) is 2. The summed E-state index contributed by atoms with van der Waals surface area (Å²) in [5, 5.41) is 6.27. The predicted molar refractivity (Wildman–Crippen MR) is 150 cm³/mol. The second kappa shape index (κ2) is 10.4. The van der Waals surface area contributed by atoms with Crippen molar-refractivity contribution in [2.45, 2.75) is 69.9 Å². The third kappa shape index (κ3) is 4.38. The molecule has 7 atom stereocenters. The molecule has 1 saturated carbocycles. The molecule has 8 heteroatoms. The molecular weight excluding hydrogens is 506 g/mol. The van der Waals surface area contributed by atoms with E-state index in [2.05, 4.69) is 17.6 Å². The maximum atomic E-state index is 14.3. The van der Waals surface area contributed by atoms with Crippen LogP contribution in [-0.4, -0.2) is 53.5 Å². The molecule has 3 amide bonds. The number of nitrogens with zero attached hydrogens (tertiary/aromatic N) is 1. The van der Waals surface area contributed by atoms with Crippen molar-refractivity contribution in [2.75, 3.05) is 12.4 Å². The van der Waals surface area contributed by atoms with E-state index in [1.54, 1.807) is 12.0 Å². The molecule has 3 heterocycles. The first-order valence-electron chi connectivity index (χ1n) is 14.3. The zero-order valence-electron chi connectivity index (χ0n) is 23.3. The number of benzene rings is 2. The third-order valence-electron chi connectivity index (χ3n) is 9.18. The number of aryl methyl sites for hydroxylation is 1. The van der Waals surface area contributed by atoms with Crippen molar-refractivity contribution in [3.63, 3.8) is 0 Å². The fourth-order valence-electron chi connectivity index (χ4n) is 7.20. The summed E-state index contributed by atoms with van der Waals surface area (Å²) in [7, 11) is 1.59. The lowest BCUT2D eigenvalue weighted by atomic mass is 9.74. The molecule has 0 radical (unpaired) electrons. The Morgan fingerprint density at radius 3 is 2.67 bits per heavy atom. The second-order valence-corrected chi connectivity index (χ2v) is 11.7. The van der Waals surface area contributed by atoms with Crippen molar-refractivity contribution < 1.29 is 23.9 Å². The lowest BCUT2D eigenvalue weighted by Gasteiger charge is -2.36. The van der Waals surface area contributed by atoms with Crippen LogP contribution in [0.1, 0.15) is 43.7 Å². The number of carbonyl (C=O) groups is 3. The van der Waals surface area contributed by atoms with Crippen LogP contribution in [0.5, 0.6) is 5.75 Å². The number of rotatable bonds is 7. The van der Waals surface area contributed by atoms with E-state index >= 15 is 0 Å². The highest BCUT2D eigenvalue weighted by atomic mass is 16.5. The van der Waals surface area contributed by atoms with Crippen molar-refractivity contribution in [1.29, 1.82) is 0 Å². The van der Waals surface area contributed by atoms with Gasteiger partial charge in [-0.3, -0.25) is 14.4 Å². The molecule has 2 aromatic rings. The summed E-state index contributed by atoms with van der Waals surface area (Å²) in [5.41, 5.74) is 1.27. The van der Waals surface area contributed by atoms with Crippen LogP contribution in [0.25, 0.3) is 0 Å². The van der Waals surface area contributed by atoms with Gasteiger partial charge in [0.15, 0.2) is 0 Å². The molecule has 4 aliphatic rings. The number of ether oxygens (including phenoxy) is 2. The molecule has 1 aliphatic carbocycles. The van der Waals surface area contributed by atoms with Crippen LogP contribution in [0.2, 0.25) is 0 Å². The van der Waals surface area contributed by atoms with E-state index in [-0.39, 0.29) is 30.3 Å². The molecule has 210 valence electrons. The summed E-state index contributed by atoms with van der Waals surface area (Å²) < 4.78 is 12.1. The summed E-state index contributed by atoms with van der Waals surface area (Å²) in [6, 6.07) is 14.2. The molecule has 8 nitrogen and oxygen atoms in total. The van der Waals surface area contributed by atoms with Crippen LogP contribution in [0.4, 0.5) is 5.69 Å². The maximum Gasteiger partial charge on any atom is 0.246 e. The smallest absolute Gasteiger partial charge is 0.246 e. The van der Waals surface area contributed by atoms with Crippen LogP contribution in [0.15, 0.2) is 60.7 Å². The Morgan fingerprint density at radius 2 is 1.90 bits per heavy atom. The number of carbonyl (C=O) groups excluding carboxylic acids is 3. The van der Waals surface area contributed by atoms with Gasteiger partial charge in [0, 0.05) is 17.3 Å². The molecule has 0 aromatic heterocycles. The average Bonchev–Trinajstić information content (AvgIpc) is 3.58. The van der Waals surface area contributed by atoms with Crippen LogP contribution in [0, 0.1) is 24.7 Å². The average molecular weight is 544 g/mol. The van der Waals surface area contributed by atoms with E-state index in [0.29, 0.717) is 17.4 Å². The molecular formula is C32H37N3O5. The van der Waals surface area contributed by atoms with Gasteiger partial charge in [-0.2, -0.15) is 0 Å². The van der Waals surface area contributed by atoms with Gasteiger partial charge >= 0.3 is 0 Å². The lowest BCUT2D eigenvalue weighted by Crippen LogP contribution is -2.57. The Bertz CT molecular complexity index is 1360. The van der Waals surface area contributed by atoms with Gasteiger partial charge in [0.1, 0.15) is 17.4 Å². The molecule has 3 fully saturated rings. The molecule has 1 spiro atoms. The number of amides is 3. The highest BCUT2D eigenvalue weighted by Gasteiger charge is 2.72. The minimum absolute atomic E-state index is 0.0444. The molecule has 6 rings (SSSR count). The van der Waals surface area contributed by atoms with Crippen molar-refractivity contribution in [3.05, 3.63) is 71.8 Å². The zero-order valence-corrected chi connectivity index (χ0v) is 23.3.